The van der Waals surface area contributed by atoms with Gasteiger partial charge >= 0.3 is 12.1 Å². The molecule has 1 aliphatic rings. The first-order valence-corrected chi connectivity index (χ1v) is 8.44. The van der Waals surface area contributed by atoms with Gasteiger partial charge in [0.15, 0.2) is 0 Å². The highest BCUT2D eigenvalue weighted by atomic mass is 19.4. The Morgan fingerprint density at radius 2 is 2.04 bits per heavy atom. The summed E-state index contributed by atoms with van der Waals surface area (Å²) in [5.41, 5.74) is -0.311. The van der Waals surface area contributed by atoms with Crippen LogP contribution in [0.1, 0.15) is 24.2 Å². The average Bonchev–Trinajstić information content (AvgIpc) is 3.19. The molecule has 0 bridgehead atoms. The number of carboxylic acids is 1. The van der Waals surface area contributed by atoms with Gasteiger partial charge in [0, 0.05) is 13.0 Å². The number of halogens is 4. The molecule has 1 aliphatic heterocycles. The molecular weight excluding hydrogens is 386 g/mol. The lowest BCUT2D eigenvalue weighted by molar-refractivity contribution is -0.140. The molecule has 2 aromatic rings. The van der Waals surface area contributed by atoms with Gasteiger partial charge in [-0.2, -0.15) is 13.2 Å². The van der Waals surface area contributed by atoms with Crippen molar-refractivity contribution in [3.05, 3.63) is 29.6 Å². The van der Waals surface area contributed by atoms with Gasteiger partial charge in [-0.3, -0.25) is 9.59 Å². The van der Waals surface area contributed by atoms with Crippen LogP contribution in [0.2, 0.25) is 0 Å². The predicted octanol–water partition coefficient (Wildman–Crippen LogP) is 2.51. The predicted molar refractivity (Wildman–Crippen MR) is 88.0 cm³/mol. The van der Waals surface area contributed by atoms with E-state index in [2.05, 4.69) is 9.97 Å². The summed E-state index contributed by atoms with van der Waals surface area (Å²) in [5, 5.41) is 8.60. The molecule has 2 N–H and O–H groups in total. The van der Waals surface area contributed by atoms with Crippen molar-refractivity contribution in [2.24, 2.45) is 0 Å². The van der Waals surface area contributed by atoms with Crippen molar-refractivity contribution in [3.8, 4) is 0 Å². The van der Waals surface area contributed by atoms with Crippen molar-refractivity contribution < 1.29 is 37.0 Å². The highest BCUT2D eigenvalue weighted by Crippen LogP contribution is 2.31. The number of ether oxygens (including phenoxy) is 1. The molecule has 2 unspecified atom stereocenters. The van der Waals surface area contributed by atoms with E-state index in [0.29, 0.717) is 5.52 Å². The maximum Gasteiger partial charge on any atom is 0.416 e. The van der Waals surface area contributed by atoms with Crippen molar-refractivity contribution in [3.63, 3.8) is 0 Å². The molecule has 2 atom stereocenters. The van der Waals surface area contributed by atoms with Crippen LogP contribution in [-0.4, -0.2) is 57.2 Å². The minimum absolute atomic E-state index is 0.0297. The second kappa shape index (κ2) is 7.74. The number of nitrogens with one attached hydrogen (secondary N) is 1. The SMILES string of the molecule is O=C(O)CCC(=O)N1CC(F)C(OCc2nc3ccc(C(F)(F)F)cc3[nH]2)C1. The van der Waals surface area contributed by atoms with Crippen molar-refractivity contribution in [1.82, 2.24) is 14.9 Å². The third-order valence-electron chi connectivity index (χ3n) is 4.40. The monoisotopic (exact) mass is 403 g/mol. The Hall–Kier alpha value is -2.69. The maximum absolute atomic E-state index is 14.1. The molecule has 1 aromatic heterocycles. The summed E-state index contributed by atoms with van der Waals surface area (Å²) in [6.45, 7) is -0.394. The second-order valence-electron chi connectivity index (χ2n) is 6.47. The Morgan fingerprint density at radius 3 is 2.71 bits per heavy atom. The van der Waals surface area contributed by atoms with E-state index in [1.807, 2.05) is 0 Å². The number of benzene rings is 1. The van der Waals surface area contributed by atoms with Crippen LogP contribution in [0.3, 0.4) is 0 Å². The van der Waals surface area contributed by atoms with E-state index in [9.17, 15) is 27.2 Å². The number of carboxylic acid groups (broad SMARTS) is 1. The highest BCUT2D eigenvalue weighted by Gasteiger charge is 2.36. The third-order valence-corrected chi connectivity index (χ3v) is 4.40. The Balaban J connectivity index is 1.59. The molecule has 0 radical (unpaired) electrons. The van der Waals surface area contributed by atoms with E-state index in [-0.39, 0.29) is 43.9 Å². The lowest BCUT2D eigenvalue weighted by Gasteiger charge is -2.15. The maximum atomic E-state index is 14.1. The largest absolute Gasteiger partial charge is 0.481 e. The molecule has 1 saturated heterocycles. The molecule has 1 aromatic carbocycles. The molecule has 11 heteroatoms. The molecule has 0 aliphatic carbocycles. The van der Waals surface area contributed by atoms with Gasteiger partial charge in [0.25, 0.3) is 0 Å². The first-order chi connectivity index (χ1) is 13.1. The van der Waals surface area contributed by atoms with Gasteiger partial charge in [0.2, 0.25) is 5.91 Å². The van der Waals surface area contributed by atoms with Crippen LogP contribution in [0.15, 0.2) is 18.2 Å². The number of H-pyrrole nitrogens is 1. The summed E-state index contributed by atoms with van der Waals surface area (Å²) in [5.74, 6) is -1.35. The van der Waals surface area contributed by atoms with Gasteiger partial charge in [-0.1, -0.05) is 0 Å². The number of hydrogen-bond donors (Lipinski definition) is 2. The highest BCUT2D eigenvalue weighted by molar-refractivity contribution is 5.81. The molecule has 0 spiro atoms. The number of carbonyl (C=O) groups excluding carboxylic acids is 1. The number of aliphatic carboxylic acids is 1. The van der Waals surface area contributed by atoms with E-state index in [0.717, 1.165) is 12.1 Å². The number of aromatic nitrogens is 2. The summed E-state index contributed by atoms with van der Waals surface area (Å²) in [4.78, 5) is 30.4. The van der Waals surface area contributed by atoms with Crippen LogP contribution >= 0.6 is 0 Å². The molecule has 0 saturated carbocycles. The van der Waals surface area contributed by atoms with E-state index in [1.54, 1.807) is 0 Å². The summed E-state index contributed by atoms with van der Waals surface area (Å²) >= 11 is 0. The Bertz CT molecular complexity index is 883. The molecule has 1 fully saturated rings. The third kappa shape index (κ3) is 4.58. The fraction of sp³-hybridized carbons (Fsp3) is 0.471. The Morgan fingerprint density at radius 1 is 1.29 bits per heavy atom. The summed E-state index contributed by atoms with van der Waals surface area (Å²) < 4.78 is 57.8. The van der Waals surface area contributed by atoms with E-state index >= 15 is 0 Å². The number of likely N-dealkylation sites (tertiary alicyclic amines) is 1. The van der Waals surface area contributed by atoms with E-state index in [4.69, 9.17) is 9.84 Å². The first kappa shape index (κ1) is 20.1. The Labute approximate surface area is 156 Å². The van der Waals surface area contributed by atoms with Crippen LogP contribution in [-0.2, 0) is 27.1 Å². The van der Waals surface area contributed by atoms with Gasteiger partial charge in [-0.15, -0.1) is 0 Å². The van der Waals surface area contributed by atoms with E-state index < -0.39 is 35.9 Å². The number of nitrogens with zero attached hydrogens (tertiary/aromatic N) is 2. The van der Waals surface area contributed by atoms with Gasteiger partial charge in [-0.25, -0.2) is 9.37 Å². The molecule has 7 nitrogen and oxygen atoms in total. The zero-order valence-electron chi connectivity index (χ0n) is 14.5. The minimum Gasteiger partial charge on any atom is -0.481 e. The molecule has 3 rings (SSSR count). The van der Waals surface area contributed by atoms with Gasteiger partial charge in [0.05, 0.1) is 29.6 Å². The van der Waals surface area contributed by atoms with Gasteiger partial charge < -0.3 is 19.7 Å². The molecule has 1 amide bonds. The normalized spacial score (nSPS) is 20.1. The number of carbonyl (C=O) groups is 2. The van der Waals surface area contributed by atoms with Crippen molar-refractivity contribution in [2.75, 3.05) is 13.1 Å². The van der Waals surface area contributed by atoms with Crippen molar-refractivity contribution >= 4 is 22.9 Å². The number of hydrogen-bond acceptors (Lipinski definition) is 4. The summed E-state index contributed by atoms with van der Waals surface area (Å²) in [7, 11) is 0. The Kier molecular flexibility index (Phi) is 5.54. The van der Waals surface area contributed by atoms with Crippen molar-refractivity contribution in [2.45, 2.75) is 37.9 Å². The second-order valence-corrected chi connectivity index (χ2v) is 6.47. The first-order valence-electron chi connectivity index (χ1n) is 8.44. The lowest BCUT2D eigenvalue weighted by atomic mass is 10.2. The van der Waals surface area contributed by atoms with Crippen LogP contribution in [0.4, 0.5) is 17.6 Å². The lowest BCUT2D eigenvalue weighted by Crippen LogP contribution is -2.30. The summed E-state index contributed by atoms with van der Waals surface area (Å²) in [6.07, 6.45) is -7.41. The molecule has 28 heavy (non-hydrogen) atoms. The standard InChI is InChI=1S/C17H17F4N3O4/c18-10-6-24(15(25)3-4-16(26)27)7-13(10)28-8-14-22-11-2-1-9(17(19,20)21)5-12(11)23-14/h1-2,5,10,13H,3-4,6-8H2,(H,22,23)(H,26,27). The smallest absolute Gasteiger partial charge is 0.416 e. The quantitative estimate of drug-likeness (QED) is 0.723. The molecule has 152 valence electrons. The summed E-state index contributed by atoms with van der Waals surface area (Å²) in [6, 6.07) is 3.08. The average molecular weight is 403 g/mol. The van der Waals surface area contributed by atoms with Gasteiger partial charge in [0.1, 0.15) is 24.7 Å². The van der Waals surface area contributed by atoms with E-state index in [1.165, 1.54) is 11.0 Å². The zero-order chi connectivity index (χ0) is 20.5. The van der Waals surface area contributed by atoms with Crippen LogP contribution in [0.5, 0.6) is 0 Å². The molecule has 2 heterocycles. The van der Waals surface area contributed by atoms with Crippen LogP contribution in [0.25, 0.3) is 11.0 Å². The molecular formula is C17H17F4N3O4. The number of imidazole rings is 1. The number of rotatable bonds is 6. The number of alkyl halides is 4. The number of aromatic amines is 1. The van der Waals surface area contributed by atoms with Crippen LogP contribution < -0.4 is 0 Å². The topological polar surface area (TPSA) is 95.5 Å². The van der Waals surface area contributed by atoms with Crippen LogP contribution in [0, 0.1) is 0 Å². The van der Waals surface area contributed by atoms with Crippen molar-refractivity contribution in [1.29, 1.82) is 0 Å². The number of fused-ring (bicyclic) bond motifs is 1. The van der Waals surface area contributed by atoms with Gasteiger partial charge in [-0.05, 0) is 18.2 Å². The zero-order valence-corrected chi connectivity index (χ0v) is 14.5. The fourth-order valence-corrected chi connectivity index (χ4v) is 2.96. The fourth-order valence-electron chi connectivity index (χ4n) is 2.96. The minimum atomic E-state index is -4.47. The number of amides is 1.